The maximum Gasteiger partial charge on any atom is 0.306 e. The molecule has 0 saturated heterocycles. The van der Waals surface area contributed by atoms with Gasteiger partial charge in [0.25, 0.3) is 0 Å². The summed E-state index contributed by atoms with van der Waals surface area (Å²) in [6, 6.07) is 0. The van der Waals surface area contributed by atoms with Gasteiger partial charge >= 0.3 is 11.9 Å². The summed E-state index contributed by atoms with van der Waals surface area (Å²) in [7, 11) is 0. The summed E-state index contributed by atoms with van der Waals surface area (Å²) >= 11 is 0. The van der Waals surface area contributed by atoms with Crippen molar-refractivity contribution < 1.29 is 29.3 Å². The Morgan fingerprint density at radius 1 is 0.446 bits per heavy atom. The molecule has 0 spiro atoms. The average Bonchev–Trinajstić information content (AvgIpc) is 3.18. The molecular weight excluding hydrogens is 699 g/mol. The van der Waals surface area contributed by atoms with E-state index in [2.05, 4.69) is 32.6 Å². The lowest BCUT2D eigenvalue weighted by Gasteiger charge is -2.25. The highest BCUT2D eigenvalue weighted by atomic mass is 16.5. The van der Waals surface area contributed by atoms with Crippen LogP contribution in [0.1, 0.15) is 246 Å². The predicted octanol–water partition coefficient (Wildman–Crippen LogP) is 13.3. The van der Waals surface area contributed by atoms with Crippen LogP contribution >= 0.6 is 0 Å². The summed E-state index contributed by atoms with van der Waals surface area (Å²) in [6.45, 7) is 12.4. The summed E-state index contributed by atoms with van der Waals surface area (Å²) in [5.74, 6) is 0.850. The second kappa shape index (κ2) is 43.4. The number of esters is 2. The van der Waals surface area contributed by atoms with Crippen LogP contribution in [0.25, 0.3) is 0 Å². The standard InChI is InChI=1S/C49H97NO6/c1-5-9-13-17-19-25-34-45(32-23-15-11-7-3)42-48(53)55-40-29-22-21-28-37-50(38-31-39-51)44-47(52)36-27-30-41-56-49(54)43-46(33-24-16-12-8-4)35-26-20-18-14-10-6-2/h45-47,51-52H,5-44H2,1-4H3. The lowest BCUT2D eigenvalue weighted by atomic mass is 9.91. The highest BCUT2D eigenvalue weighted by Crippen LogP contribution is 2.24. The van der Waals surface area contributed by atoms with Gasteiger partial charge in [0.2, 0.25) is 0 Å². The van der Waals surface area contributed by atoms with Crippen LogP contribution in [-0.2, 0) is 19.1 Å². The van der Waals surface area contributed by atoms with Crippen LogP contribution in [0.3, 0.4) is 0 Å². The van der Waals surface area contributed by atoms with E-state index in [1.807, 2.05) is 0 Å². The van der Waals surface area contributed by atoms with E-state index in [0.29, 0.717) is 57.3 Å². The van der Waals surface area contributed by atoms with Crippen molar-refractivity contribution >= 4 is 11.9 Å². The summed E-state index contributed by atoms with van der Waals surface area (Å²) in [5.41, 5.74) is 0. The van der Waals surface area contributed by atoms with E-state index in [1.54, 1.807) is 0 Å². The number of aliphatic hydroxyl groups is 2. The van der Waals surface area contributed by atoms with Gasteiger partial charge in [0.05, 0.1) is 19.3 Å². The molecule has 0 aromatic carbocycles. The van der Waals surface area contributed by atoms with Crippen LogP contribution in [0, 0.1) is 11.8 Å². The van der Waals surface area contributed by atoms with Crippen molar-refractivity contribution in [3.63, 3.8) is 0 Å². The molecular formula is C49H97NO6. The highest BCUT2D eigenvalue weighted by molar-refractivity contribution is 5.70. The number of hydrogen-bond acceptors (Lipinski definition) is 7. The van der Waals surface area contributed by atoms with E-state index < -0.39 is 6.10 Å². The van der Waals surface area contributed by atoms with Crippen molar-refractivity contribution in [1.29, 1.82) is 0 Å². The normalized spacial score (nSPS) is 13.3. The van der Waals surface area contributed by atoms with Gasteiger partial charge in [-0.05, 0) is 82.6 Å². The van der Waals surface area contributed by atoms with E-state index in [0.717, 1.165) is 77.3 Å². The molecule has 0 aromatic heterocycles. The quantitative estimate of drug-likeness (QED) is 0.0468. The molecule has 3 atom stereocenters. The molecule has 2 N–H and O–H groups in total. The number of carbonyl (C=O) groups is 2. The van der Waals surface area contributed by atoms with E-state index in [9.17, 15) is 19.8 Å². The predicted molar refractivity (Wildman–Crippen MR) is 238 cm³/mol. The van der Waals surface area contributed by atoms with E-state index in [-0.39, 0.29) is 18.5 Å². The van der Waals surface area contributed by atoms with Gasteiger partial charge in [0.15, 0.2) is 0 Å². The molecule has 0 aliphatic rings. The first-order chi connectivity index (χ1) is 27.4. The van der Waals surface area contributed by atoms with Crippen molar-refractivity contribution in [3.05, 3.63) is 0 Å². The molecule has 3 unspecified atom stereocenters. The van der Waals surface area contributed by atoms with Crippen molar-refractivity contribution in [3.8, 4) is 0 Å². The van der Waals surface area contributed by atoms with Crippen LogP contribution in [0.15, 0.2) is 0 Å². The highest BCUT2D eigenvalue weighted by Gasteiger charge is 2.17. The molecule has 0 aliphatic carbocycles. The molecule has 7 heteroatoms. The van der Waals surface area contributed by atoms with Crippen molar-refractivity contribution in [2.24, 2.45) is 11.8 Å². The van der Waals surface area contributed by atoms with E-state index >= 15 is 0 Å². The lowest BCUT2D eigenvalue weighted by molar-refractivity contribution is -0.146. The van der Waals surface area contributed by atoms with Gasteiger partial charge < -0.3 is 24.6 Å². The Hall–Kier alpha value is -1.18. The van der Waals surface area contributed by atoms with Crippen LogP contribution in [0.4, 0.5) is 0 Å². The Kier molecular flexibility index (Phi) is 42.5. The molecule has 0 aromatic rings. The molecule has 0 radical (unpaired) electrons. The first kappa shape index (κ1) is 54.8. The number of aliphatic hydroxyl groups excluding tert-OH is 2. The van der Waals surface area contributed by atoms with Crippen LogP contribution in [0.5, 0.6) is 0 Å². The first-order valence-electron chi connectivity index (χ1n) is 24.7. The number of unbranched alkanes of at least 4 members (excludes halogenated alkanes) is 20. The molecule has 0 amide bonds. The molecule has 0 rings (SSSR count). The molecule has 0 bridgehead atoms. The fraction of sp³-hybridized carbons (Fsp3) is 0.959. The summed E-state index contributed by atoms with van der Waals surface area (Å²) in [5, 5.41) is 20.2. The zero-order valence-electron chi connectivity index (χ0n) is 38.0. The van der Waals surface area contributed by atoms with Gasteiger partial charge in [-0.25, -0.2) is 0 Å². The van der Waals surface area contributed by atoms with Crippen molar-refractivity contribution in [2.75, 3.05) is 39.5 Å². The third kappa shape index (κ3) is 38.3. The summed E-state index contributed by atoms with van der Waals surface area (Å²) < 4.78 is 11.4. The second-order valence-corrected chi connectivity index (χ2v) is 17.3. The first-order valence-corrected chi connectivity index (χ1v) is 24.7. The number of hydrogen-bond donors (Lipinski definition) is 2. The number of ether oxygens (including phenoxy) is 2. The maximum absolute atomic E-state index is 12.7. The molecule has 0 saturated carbocycles. The molecule has 334 valence electrons. The maximum atomic E-state index is 12.7. The number of rotatable bonds is 45. The van der Waals surface area contributed by atoms with Crippen molar-refractivity contribution in [2.45, 2.75) is 252 Å². The van der Waals surface area contributed by atoms with E-state index in [4.69, 9.17) is 9.47 Å². The van der Waals surface area contributed by atoms with Gasteiger partial charge in [-0.1, -0.05) is 169 Å². The smallest absolute Gasteiger partial charge is 0.306 e. The van der Waals surface area contributed by atoms with Crippen molar-refractivity contribution in [1.82, 2.24) is 4.90 Å². The Balaban J connectivity index is 4.33. The Labute approximate surface area is 348 Å². The monoisotopic (exact) mass is 796 g/mol. The van der Waals surface area contributed by atoms with Gasteiger partial charge in [-0.2, -0.15) is 0 Å². The Morgan fingerprint density at radius 3 is 1.23 bits per heavy atom. The van der Waals surface area contributed by atoms with Gasteiger partial charge in [0, 0.05) is 32.5 Å². The SMILES string of the molecule is CCCCCCCCC(CCCCCC)CC(=O)OCCCCCCN(CCCO)CC(O)CCCCOC(=O)CC(CCCCCC)CCCCCCCC. The Bertz CT molecular complexity index is 824. The molecule has 56 heavy (non-hydrogen) atoms. The second-order valence-electron chi connectivity index (χ2n) is 17.3. The van der Waals surface area contributed by atoms with Gasteiger partial charge in [-0.15, -0.1) is 0 Å². The van der Waals surface area contributed by atoms with Gasteiger partial charge in [-0.3, -0.25) is 9.59 Å². The van der Waals surface area contributed by atoms with E-state index in [1.165, 1.54) is 128 Å². The zero-order chi connectivity index (χ0) is 41.2. The fourth-order valence-electron chi connectivity index (χ4n) is 8.06. The third-order valence-electron chi connectivity index (χ3n) is 11.7. The fourth-order valence-corrected chi connectivity index (χ4v) is 8.06. The number of nitrogens with zero attached hydrogens (tertiary/aromatic N) is 1. The molecule has 7 nitrogen and oxygen atoms in total. The zero-order valence-corrected chi connectivity index (χ0v) is 38.0. The molecule has 0 heterocycles. The minimum atomic E-state index is -0.426. The third-order valence-corrected chi connectivity index (χ3v) is 11.7. The molecule has 0 aliphatic heterocycles. The summed E-state index contributed by atoms with van der Waals surface area (Å²) in [4.78, 5) is 27.7. The topological polar surface area (TPSA) is 96.3 Å². The van der Waals surface area contributed by atoms with Crippen LogP contribution in [-0.4, -0.2) is 72.6 Å². The molecule has 0 fully saturated rings. The minimum absolute atomic E-state index is 0.0144. The summed E-state index contributed by atoms with van der Waals surface area (Å²) in [6.07, 6.45) is 37.8. The van der Waals surface area contributed by atoms with Crippen LogP contribution in [0.2, 0.25) is 0 Å². The van der Waals surface area contributed by atoms with Gasteiger partial charge in [0.1, 0.15) is 0 Å². The average molecular weight is 796 g/mol. The lowest BCUT2D eigenvalue weighted by Crippen LogP contribution is -2.34. The number of carbonyl (C=O) groups excluding carboxylic acids is 2. The minimum Gasteiger partial charge on any atom is -0.466 e. The Morgan fingerprint density at radius 2 is 0.786 bits per heavy atom. The van der Waals surface area contributed by atoms with Crippen LogP contribution < -0.4 is 0 Å². The largest absolute Gasteiger partial charge is 0.466 e.